The van der Waals surface area contributed by atoms with E-state index in [-0.39, 0.29) is 0 Å². The van der Waals surface area contributed by atoms with Crippen molar-refractivity contribution in [2.75, 3.05) is 0 Å². The van der Waals surface area contributed by atoms with Crippen LogP contribution in [0.25, 0.3) is 28.2 Å². The zero-order chi connectivity index (χ0) is 18.9. The van der Waals surface area contributed by atoms with Gasteiger partial charge in [0.15, 0.2) is 16.4 Å². The standard InChI is InChI=1S/C20H15N7S/c28-20-25-24-18(27(20)14-6-5-10-21-12-14)13-26-17-9-2-1-7-15(17)23-19(26)16-8-3-4-11-22-16/h1-12H,13H2,(H,25,28). The lowest BCUT2D eigenvalue weighted by molar-refractivity contribution is 0.744. The van der Waals surface area contributed by atoms with Gasteiger partial charge in [-0.25, -0.2) is 4.98 Å². The number of aromatic nitrogens is 7. The molecule has 0 bridgehead atoms. The molecule has 0 saturated heterocycles. The van der Waals surface area contributed by atoms with Crippen LogP contribution in [-0.4, -0.2) is 34.3 Å². The topological polar surface area (TPSA) is 77.2 Å². The van der Waals surface area contributed by atoms with Gasteiger partial charge < -0.3 is 4.57 Å². The lowest BCUT2D eigenvalue weighted by Crippen LogP contribution is -2.09. The molecule has 5 rings (SSSR count). The number of H-pyrrole nitrogens is 1. The van der Waals surface area contributed by atoms with Gasteiger partial charge in [-0.2, -0.15) is 5.10 Å². The third-order valence-electron chi connectivity index (χ3n) is 4.49. The van der Waals surface area contributed by atoms with Crippen molar-refractivity contribution < 1.29 is 0 Å². The lowest BCUT2D eigenvalue weighted by Gasteiger charge is -2.10. The number of nitrogens with zero attached hydrogens (tertiary/aromatic N) is 6. The number of hydrogen-bond donors (Lipinski definition) is 1. The third-order valence-corrected chi connectivity index (χ3v) is 4.77. The first-order chi connectivity index (χ1) is 13.8. The molecule has 4 heterocycles. The Bertz CT molecular complexity index is 1300. The van der Waals surface area contributed by atoms with Gasteiger partial charge in [-0.05, 0) is 48.6 Å². The van der Waals surface area contributed by atoms with E-state index in [0.29, 0.717) is 11.3 Å². The van der Waals surface area contributed by atoms with E-state index in [0.717, 1.165) is 34.1 Å². The molecule has 1 N–H and O–H groups in total. The molecule has 0 radical (unpaired) electrons. The highest BCUT2D eigenvalue weighted by atomic mass is 32.1. The van der Waals surface area contributed by atoms with Crippen LogP contribution in [0.15, 0.2) is 73.2 Å². The van der Waals surface area contributed by atoms with E-state index in [1.165, 1.54) is 0 Å². The Balaban J connectivity index is 1.69. The normalized spacial score (nSPS) is 11.1. The molecule has 1 aromatic carbocycles. The van der Waals surface area contributed by atoms with Crippen LogP contribution in [0.1, 0.15) is 5.82 Å². The summed E-state index contributed by atoms with van der Waals surface area (Å²) in [6.45, 7) is 0.481. The maximum absolute atomic E-state index is 5.45. The van der Waals surface area contributed by atoms with Crippen LogP contribution in [0.2, 0.25) is 0 Å². The van der Waals surface area contributed by atoms with Gasteiger partial charge in [-0.1, -0.05) is 18.2 Å². The summed E-state index contributed by atoms with van der Waals surface area (Å²) >= 11 is 5.45. The van der Waals surface area contributed by atoms with E-state index in [1.54, 1.807) is 18.6 Å². The Morgan fingerprint density at radius 3 is 2.68 bits per heavy atom. The molecule has 0 spiro atoms. The summed E-state index contributed by atoms with van der Waals surface area (Å²) < 4.78 is 4.52. The Morgan fingerprint density at radius 2 is 1.86 bits per heavy atom. The molecule has 8 heteroatoms. The second-order valence-electron chi connectivity index (χ2n) is 6.22. The molecular formula is C20H15N7S. The largest absolute Gasteiger partial charge is 0.315 e. The molecule has 0 aliphatic rings. The summed E-state index contributed by atoms with van der Waals surface area (Å²) in [7, 11) is 0. The van der Waals surface area contributed by atoms with E-state index < -0.39 is 0 Å². The van der Waals surface area contributed by atoms with Crippen molar-refractivity contribution in [2.45, 2.75) is 6.54 Å². The van der Waals surface area contributed by atoms with Crippen molar-refractivity contribution in [1.29, 1.82) is 0 Å². The number of imidazole rings is 1. The van der Waals surface area contributed by atoms with Gasteiger partial charge in [0.1, 0.15) is 5.69 Å². The van der Waals surface area contributed by atoms with E-state index in [4.69, 9.17) is 17.2 Å². The third kappa shape index (κ3) is 2.80. The van der Waals surface area contributed by atoms with Crippen LogP contribution in [0.4, 0.5) is 0 Å². The number of benzene rings is 1. The highest BCUT2D eigenvalue weighted by Gasteiger charge is 2.17. The maximum atomic E-state index is 5.45. The van der Waals surface area contributed by atoms with Crippen molar-refractivity contribution in [3.63, 3.8) is 0 Å². The van der Waals surface area contributed by atoms with Gasteiger partial charge in [0.2, 0.25) is 0 Å². The molecule has 0 fully saturated rings. The predicted molar refractivity (Wildman–Crippen MR) is 109 cm³/mol. The highest BCUT2D eigenvalue weighted by Crippen LogP contribution is 2.24. The number of pyridine rings is 2. The predicted octanol–water partition coefficient (Wildman–Crippen LogP) is 3.78. The Kier molecular flexibility index (Phi) is 4.02. The summed E-state index contributed by atoms with van der Waals surface area (Å²) in [5.41, 5.74) is 3.58. The average molecular weight is 385 g/mol. The second-order valence-corrected chi connectivity index (χ2v) is 6.60. The second kappa shape index (κ2) is 6.82. The zero-order valence-electron chi connectivity index (χ0n) is 14.7. The van der Waals surface area contributed by atoms with E-state index in [1.807, 2.05) is 59.2 Å². The highest BCUT2D eigenvalue weighted by molar-refractivity contribution is 7.71. The number of hydrogen-bond acceptors (Lipinski definition) is 5. The van der Waals surface area contributed by atoms with Crippen molar-refractivity contribution >= 4 is 23.3 Å². The maximum Gasteiger partial charge on any atom is 0.199 e. The average Bonchev–Trinajstić information content (AvgIpc) is 3.30. The van der Waals surface area contributed by atoms with Crippen LogP contribution in [0, 0.1) is 4.77 Å². The van der Waals surface area contributed by atoms with Crippen molar-refractivity contribution in [2.24, 2.45) is 0 Å². The molecule has 5 aromatic rings. The lowest BCUT2D eigenvalue weighted by atomic mass is 10.3. The molecule has 0 aliphatic carbocycles. The van der Waals surface area contributed by atoms with Crippen molar-refractivity contribution in [3.05, 3.63) is 83.8 Å². The molecule has 28 heavy (non-hydrogen) atoms. The molecule has 136 valence electrons. The fourth-order valence-electron chi connectivity index (χ4n) is 3.26. The first-order valence-electron chi connectivity index (χ1n) is 8.74. The summed E-state index contributed by atoms with van der Waals surface area (Å²) in [6, 6.07) is 17.7. The van der Waals surface area contributed by atoms with Crippen molar-refractivity contribution in [1.82, 2.24) is 34.3 Å². The molecule has 0 saturated carbocycles. The van der Waals surface area contributed by atoms with E-state index in [2.05, 4.69) is 24.7 Å². The minimum absolute atomic E-state index is 0.481. The van der Waals surface area contributed by atoms with Crippen LogP contribution in [0.5, 0.6) is 0 Å². The molecule has 0 unspecified atom stereocenters. The fourth-order valence-corrected chi connectivity index (χ4v) is 3.51. The Morgan fingerprint density at radius 1 is 0.964 bits per heavy atom. The number of fused-ring (bicyclic) bond motifs is 1. The Hall–Kier alpha value is -3.65. The molecule has 0 atom stereocenters. The molecule has 0 amide bonds. The van der Waals surface area contributed by atoms with E-state index in [9.17, 15) is 0 Å². The Labute approximate surface area is 165 Å². The van der Waals surface area contributed by atoms with Gasteiger partial charge in [0, 0.05) is 12.4 Å². The van der Waals surface area contributed by atoms with Crippen molar-refractivity contribution in [3.8, 4) is 17.2 Å². The van der Waals surface area contributed by atoms with Crippen LogP contribution >= 0.6 is 12.2 Å². The summed E-state index contributed by atoms with van der Waals surface area (Å²) in [5.74, 6) is 1.55. The number of nitrogens with one attached hydrogen (secondary N) is 1. The summed E-state index contributed by atoms with van der Waals surface area (Å²) in [5, 5.41) is 7.35. The van der Waals surface area contributed by atoms with Crippen LogP contribution in [0.3, 0.4) is 0 Å². The van der Waals surface area contributed by atoms with Gasteiger partial charge in [0.05, 0.1) is 29.5 Å². The van der Waals surface area contributed by atoms with Gasteiger partial charge in [-0.15, -0.1) is 0 Å². The monoisotopic (exact) mass is 385 g/mol. The quantitative estimate of drug-likeness (QED) is 0.476. The SMILES string of the molecule is S=c1[nH]nc(Cn2c(-c3ccccn3)nc3ccccc32)n1-c1cccnc1. The van der Waals surface area contributed by atoms with Gasteiger partial charge in [-0.3, -0.25) is 19.6 Å². The first-order valence-corrected chi connectivity index (χ1v) is 9.15. The van der Waals surface area contributed by atoms with E-state index >= 15 is 0 Å². The minimum atomic E-state index is 0.481. The number of para-hydroxylation sites is 2. The zero-order valence-corrected chi connectivity index (χ0v) is 15.5. The molecule has 4 aromatic heterocycles. The van der Waals surface area contributed by atoms with Gasteiger partial charge >= 0.3 is 0 Å². The van der Waals surface area contributed by atoms with Crippen LogP contribution < -0.4 is 0 Å². The number of aromatic amines is 1. The molecule has 0 aliphatic heterocycles. The molecular weight excluding hydrogens is 370 g/mol. The van der Waals surface area contributed by atoms with Gasteiger partial charge in [0.25, 0.3) is 0 Å². The first kappa shape index (κ1) is 16.5. The summed E-state index contributed by atoms with van der Waals surface area (Å²) in [6.07, 6.45) is 5.26. The minimum Gasteiger partial charge on any atom is -0.315 e. The smallest absolute Gasteiger partial charge is 0.199 e. The summed E-state index contributed by atoms with van der Waals surface area (Å²) in [4.78, 5) is 13.5. The fraction of sp³-hybridized carbons (Fsp3) is 0.0500. The van der Waals surface area contributed by atoms with Crippen LogP contribution in [-0.2, 0) is 6.54 Å². The number of rotatable bonds is 4. The molecule has 7 nitrogen and oxygen atoms in total.